The summed E-state index contributed by atoms with van der Waals surface area (Å²) < 4.78 is 68.5. The number of alkyl halides is 3. The minimum atomic E-state index is -5.50. The standard InChI is InChI=1S/C31H32F5N3O3/c32-26-13-7-14-27(33)28(26)39(42-29(40)31(34,35)36)30(41)38(22-25-11-5-2-6-12-25)18-8-17-37-19-15-24(16-20-37)21-23-9-3-1-4-10-23/h1-7,9-14,24H,8,15-22H2. The Morgan fingerprint density at radius 3 is 1.98 bits per heavy atom. The molecule has 0 spiro atoms. The fourth-order valence-corrected chi connectivity index (χ4v) is 5.02. The van der Waals surface area contributed by atoms with Crippen molar-refractivity contribution in [2.45, 2.75) is 38.4 Å². The number of hydrogen-bond acceptors (Lipinski definition) is 4. The Balaban J connectivity index is 1.46. The average Bonchev–Trinajstić information content (AvgIpc) is 2.97. The molecule has 0 bridgehead atoms. The van der Waals surface area contributed by atoms with E-state index in [1.807, 2.05) is 18.2 Å². The van der Waals surface area contributed by atoms with Gasteiger partial charge in [0.15, 0.2) is 17.3 Å². The molecule has 3 aromatic carbocycles. The first kappa shape index (κ1) is 31.0. The largest absolute Gasteiger partial charge is 0.493 e. The maximum Gasteiger partial charge on any atom is 0.493 e. The molecule has 0 unspecified atom stereocenters. The third-order valence-corrected chi connectivity index (χ3v) is 7.18. The first-order valence-electron chi connectivity index (χ1n) is 13.7. The Morgan fingerprint density at radius 1 is 0.833 bits per heavy atom. The Labute approximate surface area is 241 Å². The molecule has 2 amide bonds. The second kappa shape index (κ2) is 14.3. The number of halogens is 5. The van der Waals surface area contributed by atoms with Gasteiger partial charge in [-0.3, -0.25) is 0 Å². The molecule has 1 fully saturated rings. The van der Waals surface area contributed by atoms with Gasteiger partial charge in [-0.1, -0.05) is 66.7 Å². The molecule has 0 N–H and O–H groups in total. The minimum absolute atomic E-state index is 0.0355. The number of likely N-dealkylation sites (tertiary alicyclic amines) is 1. The zero-order chi connectivity index (χ0) is 30.1. The van der Waals surface area contributed by atoms with Crippen LogP contribution in [0.4, 0.5) is 32.4 Å². The molecule has 1 heterocycles. The van der Waals surface area contributed by atoms with Crippen LogP contribution in [-0.4, -0.2) is 54.2 Å². The molecule has 0 aromatic heterocycles. The van der Waals surface area contributed by atoms with E-state index in [2.05, 4.69) is 21.9 Å². The van der Waals surface area contributed by atoms with Crippen LogP contribution in [0.25, 0.3) is 0 Å². The Morgan fingerprint density at radius 2 is 1.40 bits per heavy atom. The van der Waals surface area contributed by atoms with E-state index >= 15 is 0 Å². The summed E-state index contributed by atoms with van der Waals surface area (Å²) in [6.45, 7) is 2.27. The van der Waals surface area contributed by atoms with E-state index in [1.165, 1.54) is 5.56 Å². The molecular formula is C31H32F5N3O3. The van der Waals surface area contributed by atoms with Crippen molar-refractivity contribution in [3.8, 4) is 0 Å². The zero-order valence-corrected chi connectivity index (χ0v) is 22.9. The average molecular weight is 590 g/mol. The van der Waals surface area contributed by atoms with Crippen LogP contribution in [-0.2, 0) is 22.6 Å². The summed E-state index contributed by atoms with van der Waals surface area (Å²) in [4.78, 5) is 32.9. The molecule has 0 radical (unpaired) electrons. The van der Waals surface area contributed by atoms with Crippen LogP contribution >= 0.6 is 0 Å². The van der Waals surface area contributed by atoms with Crippen LogP contribution in [0.5, 0.6) is 0 Å². The van der Waals surface area contributed by atoms with Crippen molar-refractivity contribution in [3.63, 3.8) is 0 Å². The van der Waals surface area contributed by atoms with Gasteiger partial charge in [0.2, 0.25) is 0 Å². The first-order valence-corrected chi connectivity index (χ1v) is 13.7. The number of para-hydroxylation sites is 1. The number of carbonyl (C=O) groups is 2. The molecule has 0 saturated carbocycles. The third kappa shape index (κ3) is 8.51. The molecule has 11 heteroatoms. The summed E-state index contributed by atoms with van der Waals surface area (Å²) in [5.41, 5.74) is 0.718. The van der Waals surface area contributed by atoms with Crippen LogP contribution in [0.15, 0.2) is 78.9 Å². The van der Waals surface area contributed by atoms with E-state index in [1.54, 1.807) is 30.3 Å². The molecule has 1 aliphatic heterocycles. The van der Waals surface area contributed by atoms with Crippen LogP contribution < -0.4 is 5.06 Å². The van der Waals surface area contributed by atoms with Crippen molar-refractivity contribution in [3.05, 3.63) is 102 Å². The van der Waals surface area contributed by atoms with Crippen LogP contribution in [0.3, 0.4) is 0 Å². The van der Waals surface area contributed by atoms with E-state index in [4.69, 9.17) is 0 Å². The molecule has 1 saturated heterocycles. The Bertz CT molecular complexity index is 1300. The van der Waals surface area contributed by atoms with Gasteiger partial charge < -0.3 is 14.6 Å². The smallest absolute Gasteiger partial charge is 0.323 e. The van der Waals surface area contributed by atoms with Gasteiger partial charge in [0, 0.05) is 13.1 Å². The number of hydrogen-bond donors (Lipinski definition) is 0. The number of benzene rings is 3. The van der Waals surface area contributed by atoms with Crippen molar-refractivity contribution in [1.29, 1.82) is 0 Å². The number of amides is 2. The zero-order valence-electron chi connectivity index (χ0n) is 22.9. The maximum atomic E-state index is 14.6. The lowest BCUT2D eigenvalue weighted by Gasteiger charge is -2.33. The molecule has 1 aliphatic rings. The second-order valence-electron chi connectivity index (χ2n) is 10.3. The molecule has 6 nitrogen and oxygen atoms in total. The van der Waals surface area contributed by atoms with E-state index in [0.29, 0.717) is 24.4 Å². The molecule has 42 heavy (non-hydrogen) atoms. The second-order valence-corrected chi connectivity index (χ2v) is 10.3. The summed E-state index contributed by atoms with van der Waals surface area (Å²) in [5, 5.41) is -0.238. The van der Waals surface area contributed by atoms with Crippen LogP contribution in [0.1, 0.15) is 30.4 Å². The fourth-order valence-electron chi connectivity index (χ4n) is 5.02. The summed E-state index contributed by atoms with van der Waals surface area (Å²) in [7, 11) is 0. The van der Waals surface area contributed by atoms with Crippen molar-refractivity contribution in [2.24, 2.45) is 5.92 Å². The van der Waals surface area contributed by atoms with E-state index in [9.17, 15) is 31.5 Å². The van der Waals surface area contributed by atoms with Gasteiger partial charge in [-0.15, -0.1) is 5.06 Å². The lowest BCUT2D eigenvalue weighted by molar-refractivity contribution is -0.200. The monoisotopic (exact) mass is 589 g/mol. The maximum absolute atomic E-state index is 14.6. The first-order chi connectivity index (χ1) is 20.1. The Kier molecular flexibility index (Phi) is 10.5. The highest BCUT2D eigenvalue weighted by Crippen LogP contribution is 2.28. The number of anilines is 1. The van der Waals surface area contributed by atoms with Crippen LogP contribution in [0.2, 0.25) is 0 Å². The number of piperidine rings is 1. The number of carbonyl (C=O) groups excluding carboxylic acids is 2. The molecule has 3 aromatic rings. The highest BCUT2D eigenvalue weighted by atomic mass is 19.4. The normalized spacial score (nSPS) is 14.4. The van der Waals surface area contributed by atoms with Crippen molar-refractivity contribution in [2.75, 3.05) is 31.2 Å². The molecule has 224 valence electrons. The van der Waals surface area contributed by atoms with Gasteiger partial charge in [0.05, 0.1) is 0 Å². The quantitative estimate of drug-likeness (QED) is 0.205. The van der Waals surface area contributed by atoms with Gasteiger partial charge in [-0.25, -0.2) is 18.4 Å². The van der Waals surface area contributed by atoms with E-state index in [-0.39, 0.29) is 18.2 Å². The minimum Gasteiger partial charge on any atom is -0.323 e. The summed E-state index contributed by atoms with van der Waals surface area (Å²) in [6, 6.07) is 20.1. The summed E-state index contributed by atoms with van der Waals surface area (Å²) in [5.74, 6) is -4.95. The van der Waals surface area contributed by atoms with E-state index in [0.717, 1.165) is 55.5 Å². The predicted molar refractivity (Wildman–Crippen MR) is 147 cm³/mol. The van der Waals surface area contributed by atoms with Gasteiger partial charge >= 0.3 is 18.2 Å². The van der Waals surface area contributed by atoms with Crippen molar-refractivity contribution < 1.29 is 36.4 Å². The SMILES string of the molecule is O=C(N(CCCN1CCC(Cc2ccccc2)CC1)Cc1ccccc1)N(OC(=O)C(F)(F)F)c1c(F)cccc1F. The number of nitrogens with zero attached hydrogens (tertiary/aromatic N) is 3. The molecule has 0 atom stereocenters. The summed E-state index contributed by atoms with van der Waals surface area (Å²) in [6.07, 6.45) is -2.04. The van der Waals surface area contributed by atoms with E-state index < -0.39 is 35.5 Å². The lowest BCUT2D eigenvalue weighted by Crippen LogP contribution is -2.47. The van der Waals surface area contributed by atoms with Crippen molar-refractivity contribution in [1.82, 2.24) is 9.80 Å². The number of rotatable bonds is 9. The predicted octanol–water partition coefficient (Wildman–Crippen LogP) is 6.76. The topological polar surface area (TPSA) is 53.1 Å². The van der Waals surface area contributed by atoms with Gasteiger partial charge in [-0.2, -0.15) is 13.2 Å². The van der Waals surface area contributed by atoms with Gasteiger partial charge in [-0.05, 0) is 74.5 Å². The summed E-state index contributed by atoms with van der Waals surface area (Å²) >= 11 is 0. The van der Waals surface area contributed by atoms with Crippen LogP contribution in [0, 0.1) is 17.6 Å². The lowest BCUT2D eigenvalue weighted by atomic mass is 9.90. The van der Waals surface area contributed by atoms with Gasteiger partial charge in [0.1, 0.15) is 0 Å². The fraction of sp³-hybridized carbons (Fsp3) is 0.355. The van der Waals surface area contributed by atoms with Gasteiger partial charge in [0.25, 0.3) is 0 Å². The molecular weight excluding hydrogens is 557 g/mol. The molecule has 0 aliphatic carbocycles. The number of hydroxylamine groups is 1. The van der Waals surface area contributed by atoms with Crippen molar-refractivity contribution >= 4 is 17.7 Å². The Hall–Kier alpha value is -3.99. The highest BCUT2D eigenvalue weighted by Gasteiger charge is 2.45. The number of urea groups is 1. The highest BCUT2D eigenvalue weighted by molar-refractivity contribution is 5.93. The third-order valence-electron chi connectivity index (χ3n) is 7.18. The molecule has 4 rings (SSSR count).